The maximum Gasteiger partial charge on any atom is 0.244 e. The highest BCUT2D eigenvalue weighted by atomic mass is 16.5. The van der Waals surface area contributed by atoms with Gasteiger partial charge < -0.3 is 9.84 Å². The molecular weight excluding hydrogens is 316 g/mol. The lowest BCUT2D eigenvalue weighted by molar-refractivity contribution is 0.199. The summed E-state index contributed by atoms with van der Waals surface area (Å²) in [6, 6.07) is 9.97. The van der Waals surface area contributed by atoms with Crippen LogP contribution in [-0.4, -0.2) is 38.6 Å². The van der Waals surface area contributed by atoms with Crippen molar-refractivity contribution in [3.05, 3.63) is 54.3 Å². The summed E-state index contributed by atoms with van der Waals surface area (Å²) in [5.41, 5.74) is 1.91. The summed E-state index contributed by atoms with van der Waals surface area (Å²) in [6.45, 7) is 1.80. The number of anilines is 1. The average molecular weight is 336 g/mol. The summed E-state index contributed by atoms with van der Waals surface area (Å²) in [5.74, 6) is 2.06. The van der Waals surface area contributed by atoms with E-state index in [0.29, 0.717) is 11.7 Å². The van der Waals surface area contributed by atoms with E-state index in [1.54, 1.807) is 6.20 Å². The standard InChI is InChI=1S/C18H20N6O/c1-19-16-8-7-13(11-21-16)17-22-18(25-23-17)15-6-4-10-24(15)12-14-5-2-3-9-20-14/h2-3,5,7-9,11,15H,4,6,10,12H2,1H3,(H,19,21). The molecule has 1 aliphatic rings. The largest absolute Gasteiger partial charge is 0.373 e. The first-order valence-corrected chi connectivity index (χ1v) is 8.45. The van der Waals surface area contributed by atoms with Gasteiger partial charge in [-0.2, -0.15) is 4.98 Å². The second-order valence-corrected chi connectivity index (χ2v) is 6.09. The highest BCUT2D eigenvalue weighted by Crippen LogP contribution is 2.32. The third kappa shape index (κ3) is 3.36. The third-order valence-electron chi connectivity index (χ3n) is 4.46. The van der Waals surface area contributed by atoms with E-state index < -0.39 is 0 Å². The van der Waals surface area contributed by atoms with Crippen LogP contribution in [0.1, 0.15) is 30.5 Å². The lowest BCUT2D eigenvalue weighted by atomic mass is 10.2. The molecule has 128 valence electrons. The van der Waals surface area contributed by atoms with Crippen LogP contribution >= 0.6 is 0 Å². The van der Waals surface area contributed by atoms with Crippen LogP contribution < -0.4 is 5.32 Å². The summed E-state index contributed by atoms with van der Waals surface area (Å²) >= 11 is 0. The second-order valence-electron chi connectivity index (χ2n) is 6.09. The third-order valence-corrected chi connectivity index (χ3v) is 4.46. The van der Waals surface area contributed by atoms with Gasteiger partial charge in [0.2, 0.25) is 11.7 Å². The van der Waals surface area contributed by atoms with Crippen LogP contribution in [0.4, 0.5) is 5.82 Å². The Hall–Kier alpha value is -2.80. The molecule has 4 rings (SSSR count). The number of rotatable bonds is 5. The van der Waals surface area contributed by atoms with Gasteiger partial charge in [-0.25, -0.2) is 4.98 Å². The van der Waals surface area contributed by atoms with E-state index in [0.717, 1.165) is 43.0 Å². The van der Waals surface area contributed by atoms with Crippen molar-refractivity contribution in [2.75, 3.05) is 18.9 Å². The second kappa shape index (κ2) is 6.98. The zero-order chi connectivity index (χ0) is 17.1. The monoisotopic (exact) mass is 336 g/mol. The first-order chi connectivity index (χ1) is 12.3. The molecule has 0 saturated carbocycles. The van der Waals surface area contributed by atoms with E-state index >= 15 is 0 Å². The summed E-state index contributed by atoms with van der Waals surface area (Å²) in [4.78, 5) is 15.7. The lowest BCUT2D eigenvalue weighted by Gasteiger charge is -2.20. The van der Waals surface area contributed by atoms with Crippen LogP contribution in [-0.2, 0) is 6.54 Å². The first kappa shape index (κ1) is 15.7. The Morgan fingerprint density at radius 1 is 1.24 bits per heavy atom. The number of pyridine rings is 2. The number of hydrogen-bond donors (Lipinski definition) is 1. The number of likely N-dealkylation sites (tertiary alicyclic amines) is 1. The van der Waals surface area contributed by atoms with Crippen molar-refractivity contribution >= 4 is 5.82 Å². The van der Waals surface area contributed by atoms with Gasteiger partial charge in [0.05, 0.1) is 11.7 Å². The number of nitrogens with one attached hydrogen (secondary N) is 1. The molecule has 1 atom stereocenters. The molecule has 1 aliphatic heterocycles. The molecule has 0 radical (unpaired) electrons. The number of aromatic nitrogens is 4. The fourth-order valence-corrected chi connectivity index (χ4v) is 3.16. The normalized spacial score (nSPS) is 17.7. The van der Waals surface area contributed by atoms with Gasteiger partial charge in [0.15, 0.2) is 0 Å². The molecule has 1 unspecified atom stereocenters. The summed E-state index contributed by atoms with van der Waals surface area (Å²) < 4.78 is 5.56. The van der Waals surface area contributed by atoms with Crippen molar-refractivity contribution in [3.63, 3.8) is 0 Å². The van der Waals surface area contributed by atoms with Crippen LogP contribution in [0.5, 0.6) is 0 Å². The summed E-state index contributed by atoms with van der Waals surface area (Å²) in [5, 5.41) is 7.14. The topological polar surface area (TPSA) is 80.0 Å². The molecule has 25 heavy (non-hydrogen) atoms. The Morgan fingerprint density at radius 3 is 2.96 bits per heavy atom. The van der Waals surface area contributed by atoms with Crippen molar-refractivity contribution in [1.82, 2.24) is 25.0 Å². The number of nitrogens with zero attached hydrogens (tertiary/aromatic N) is 5. The van der Waals surface area contributed by atoms with Crippen LogP contribution in [0.15, 0.2) is 47.2 Å². The minimum absolute atomic E-state index is 0.146. The molecule has 3 aromatic rings. The Morgan fingerprint density at radius 2 is 2.20 bits per heavy atom. The Bertz CT molecular complexity index is 817. The first-order valence-electron chi connectivity index (χ1n) is 8.45. The SMILES string of the molecule is CNc1ccc(-c2noc(C3CCCN3Cc3ccccn3)n2)cn1. The molecule has 3 aromatic heterocycles. The highest BCUT2D eigenvalue weighted by Gasteiger charge is 2.31. The molecule has 1 saturated heterocycles. The van der Waals surface area contributed by atoms with Crippen molar-refractivity contribution in [2.24, 2.45) is 0 Å². The molecule has 7 nitrogen and oxygen atoms in total. The van der Waals surface area contributed by atoms with Gasteiger partial charge in [-0.1, -0.05) is 11.2 Å². The number of hydrogen-bond acceptors (Lipinski definition) is 7. The van der Waals surface area contributed by atoms with Crippen molar-refractivity contribution < 1.29 is 4.52 Å². The van der Waals surface area contributed by atoms with E-state index in [1.165, 1.54) is 0 Å². The van der Waals surface area contributed by atoms with E-state index in [9.17, 15) is 0 Å². The minimum Gasteiger partial charge on any atom is -0.373 e. The molecule has 4 heterocycles. The van der Waals surface area contributed by atoms with E-state index in [2.05, 4.69) is 30.3 Å². The Kier molecular flexibility index (Phi) is 4.39. The highest BCUT2D eigenvalue weighted by molar-refractivity contribution is 5.55. The van der Waals surface area contributed by atoms with Crippen LogP contribution in [0.3, 0.4) is 0 Å². The average Bonchev–Trinajstić information content (AvgIpc) is 3.32. The van der Waals surface area contributed by atoms with E-state index in [4.69, 9.17) is 4.52 Å². The molecule has 0 spiro atoms. The summed E-state index contributed by atoms with van der Waals surface area (Å²) in [7, 11) is 1.84. The molecular formula is C18H20N6O. The molecule has 1 fully saturated rings. The van der Waals surface area contributed by atoms with Gasteiger partial charge >= 0.3 is 0 Å². The van der Waals surface area contributed by atoms with Crippen molar-refractivity contribution in [1.29, 1.82) is 0 Å². The van der Waals surface area contributed by atoms with Crippen LogP contribution in [0, 0.1) is 0 Å². The maximum atomic E-state index is 5.56. The van der Waals surface area contributed by atoms with Gasteiger partial charge in [-0.15, -0.1) is 0 Å². The molecule has 0 amide bonds. The van der Waals surface area contributed by atoms with Crippen molar-refractivity contribution in [2.45, 2.75) is 25.4 Å². The van der Waals surface area contributed by atoms with Gasteiger partial charge in [0.1, 0.15) is 5.82 Å². The fraction of sp³-hybridized carbons (Fsp3) is 0.333. The predicted molar refractivity (Wildman–Crippen MR) is 93.7 cm³/mol. The lowest BCUT2D eigenvalue weighted by Crippen LogP contribution is -2.23. The van der Waals surface area contributed by atoms with Gasteiger partial charge in [-0.05, 0) is 43.7 Å². The van der Waals surface area contributed by atoms with Gasteiger partial charge in [0.25, 0.3) is 0 Å². The molecule has 0 aliphatic carbocycles. The molecule has 1 N–H and O–H groups in total. The van der Waals surface area contributed by atoms with Crippen LogP contribution in [0.2, 0.25) is 0 Å². The Balaban J connectivity index is 1.52. The predicted octanol–water partition coefficient (Wildman–Crippen LogP) is 2.91. The molecule has 0 aromatic carbocycles. The Labute approximate surface area is 146 Å². The minimum atomic E-state index is 0.146. The smallest absolute Gasteiger partial charge is 0.244 e. The zero-order valence-electron chi connectivity index (χ0n) is 14.1. The maximum absolute atomic E-state index is 5.56. The fourth-order valence-electron chi connectivity index (χ4n) is 3.16. The quantitative estimate of drug-likeness (QED) is 0.767. The van der Waals surface area contributed by atoms with E-state index in [1.807, 2.05) is 43.6 Å². The molecule has 0 bridgehead atoms. The zero-order valence-corrected chi connectivity index (χ0v) is 14.1. The van der Waals surface area contributed by atoms with Gasteiger partial charge in [-0.3, -0.25) is 9.88 Å². The van der Waals surface area contributed by atoms with E-state index in [-0.39, 0.29) is 6.04 Å². The van der Waals surface area contributed by atoms with Crippen molar-refractivity contribution in [3.8, 4) is 11.4 Å². The van der Waals surface area contributed by atoms with Crippen LogP contribution in [0.25, 0.3) is 11.4 Å². The summed E-state index contributed by atoms with van der Waals surface area (Å²) in [6.07, 6.45) is 5.72. The molecule has 7 heteroatoms. The van der Waals surface area contributed by atoms with Gasteiger partial charge in [0, 0.05) is 31.5 Å².